The highest BCUT2D eigenvalue weighted by atomic mass is 35.5. The summed E-state index contributed by atoms with van der Waals surface area (Å²) in [5, 5.41) is 8.15. The second kappa shape index (κ2) is 7.62. The monoisotopic (exact) mass is 358 g/mol. The first-order chi connectivity index (χ1) is 11.5. The lowest BCUT2D eigenvalue weighted by Gasteiger charge is -2.27. The van der Waals surface area contributed by atoms with Crippen LogP contribution in [0.5, 0.6) is 0 Å². The van der Waals surface area contributed by atoms with Gasteiger partial charge >= 0.3 is 0 Å². The average molecular weight is 359 g/mol. The Morgan fingerprint density at radius 1 is 1.24 bits per heavy atom. The van der Waals surface area contributed by atoms with E-state index in [0.717, 1.165) is 5.56 Å². The molecule has 1 atom stereocenters. The van der Waals surface area contributed by atoms with Crippen molar-refractivity contribution in [1.82, 2.24) is 4.98 Å². The fourth-order valence-corrected chi connectivity index (χ4v) is 3.12. The Morgan fingerprint density at radius 3 is 2.64 bits per heavy atom. The summed E-state index contributed by atoms with van der Waals surface area (Å²) in [6.45, 7) is 1.84. The third-order valence-electron chi connectivity index (χ3n) is 4.41. The molecule has 0 aliphatic carbocycles. The van der Waals surface area contributed by atoms with E-state index in [1.807, 2.05) is 37.3 Å². The smallest absolute Gasteiger partial charge is 0.169 e. The molecule has 130 valence electrons. The quantitative estimate of drug-likeness (QED) is 0.461. The minimum atomic E-state index is -0.778. The summed E-state index contributed by atoms with van der Waals surface area (Å²) in [5.74, 6) is -0.574. The third-order valence-corrected chi connectivity index (χ3v) is 4.41. The lowest BCUT2D eigenvalue weighted by atomic mass is 9.75. The van der Waals surface area contributed by atoms with Gasteiger partial charge in [0.25, 0.3) is 0 Å². The van der Waals surface area contributed by atoms with Crippen LogP contribution in [0.1, 0.15) is 29.3 Å². The maximum Gasteiger partial charge on any atom is 0.169 e. The van der Waals surface area contributed by atoms with Crippen LogP contribution >= 0.6 is 12.4 Å². The standard InChI is InChI=1S/C20H19FN2O.ClH/c1-20(8-9-22,13-14-5-3-2-4-6-14)19(24)16-11-15-7-10-23-18(15)17(21)12-16;/h2-7,9-12,22-23H,8,13H2,1H3;1H. The van der Waals surface area contributed by atoms with Crippen molar-refractivity contribution in [3.8, 4) is 0 Å². The summed E-state index contributed by atoms with van der Waals surface area (Å²) in [5.41, 5.74) is 1.00. The zero-order chi connectivity index (χ0) is 17.2. The van der Waals surface area contributed by atoms with Crippen LogP contribution in [0.2, 0.25) is 0 Å². The van der Waals surface area contributed by atoms with Crippen LogP contribution in [0.15, 0.2) is 54.7 Å². The first-order valence-electron chi connectivity index (χ1n) is 7.88. The van der Waals surface area contributed by atoms with E-state index >= 15 is 0 Å². The van der Waals surface area contributed by atoms with Crippen LogP contribution in [0.25, 0.3) is 10.9 Å². The Bertz CT molecular complexity index is 891. The molecule has 1 heterocycles. The maximum absolute atomic E-state index is 14.2. The second-order valence-corrected chi connectivity index (χ2v) is 6.36. The highest BCUT2D eigenvalue weighted by molar-refractivity contribution is 6.04. The van der Waals surface area contributed by atoms with Crippen molar-refractivity contribution in [3.05, 3.63) is 71.7 Å². The molecular formula is C20H20ClFN2O. The molecule has 1 unspecified atom stereocenters. The summed E-state index contributed by atoms with van der Waals surface area (Å²) in [7, 11) is 0. The van der Waals surface area contributed by atoms with E-state index in [2.05, 4.69) is 4.98 Å². The number of nitrogens with one attached hydrogen (secondary N) is 2. The molecule has 0 bridgehead atoms. The molecule has 3 aromatic rings. The van der Waals surface area contributed by atoms with Crippen LogP contribution in [-0.2, 0) is 6.42 Å². The van der Waals surface area contributed by atoms with E-state index in [1.165, 1.54) is 12.3 Å². The van der Waals surface area contributed by atoms with Crippen LogP contribution in [0.3, 0.4) is 0 Å². The molecule has 0 amide bonds. The van der Waals surface area contributed by atoms with Gasteiger partial charge in [-0.05, 0) is 42.8 Å². The number of carbonyl (C=O) groups excluding carboxylic acids is 1. The maximum atomic E-state index is 14.2. The number of hydrogen-bond acceptors (Lipinski definition) is 2. The van der Waals surface area contributed by atoms with E-state index in [1.54, 1.807) is 18.3 Å². The third kappa shape index (κ3) is 3.80. The highest BCUT2D eigenvalue weighted by Gasteiger charge is 2.33. The van der Waals surface area contributed by atoms with Gasteiger partial charge in [-0.1, -0.05) is 37.3 Å². The molecule has 0 saturated carbocycles. The van der Waals surface area contributed by atoms with Gasteiger partial charge in [-0.3, -0.25) is 4.79 Å². The molecule has 2 N–H and O–H groups in total. The molecule has 1 aromatic heterocycles. The lowest BCUT2D eigenvalue weighted by Crippen LogP contribution is -2.31. The van der Waals surface area contributed by atoms with E-state index in [0.29, 0.717) is 29.3 Å². The molecule has 5 heteroatoms. The van der Waals surface area contributed by atoms with Crippen molar-refractivity contribution >= 4 is 35.3 Å². The van der Waals surface area contributed by atoms with Gasteiger partial charge < -0.3 is 10.4 Å². The summed E-state index contributed by atoms with van der Waals surface area (Å²) >= 11 is 0. The fraction of sp³-hybridized carbons (Fsp3) is 0.200. The summed E-state index contributed by atoms with van der Waals surface area (Å²) < 4.78 is 14.2. The Kier molecular flexibility index (Phi) is 5.75. The zero-order valence-corrected chi connectivity index (χ0v) is 14.7. The summed E-state index contributed by atoms with van der Waals surface area (Å²) in [4.78, 5) is 15.9. The molecule has 0 aliphatic heterocycles. The number of aromatic amines is 1. The van der Waals surface area contributed by atoms with Gasteiger partial charge in [-0.15, -0.1) is 12.4 Å². The van der Waals surface area contributed by atoms with Gasteiger partial charge in [0.1, 0.15) is 5.82 Å². The minimum absolute atomic E-state index is 0. The number of hydrogen-bond donors (Lipinski definition) is 2. The average Bonchev–Trinajstić information content (AvgIpc) is 3.04. The first-order valence-corrected chi connectivity index (χ1v) is 7.88. The predicted molar refractivity (Wildman–Crippen MR) is 101 cm³/mol. The first kappa shape index (κ1) is 18.9. The molecule has 0 spiro atoms. The Balaban J connectivity index is 0.00000225. The topological polar surface area (TPSA) is 56.7 Å². The van der Waals surface area contributed by atoms with Crippen molar-refractivity contribution < 1.29 is 9.18 Å². The molecule has 0 saturated heterocycles. The molecular weight excluding hydrogens is 339 g/mol. The second-order valence-electron chi connectivity index (χ2n) is 6.36. The number of H-pyrrole nitrogens is 1. The van der Waals surface area contributed by atoms with E-state index in [-0.39, 0.29) is 18.2 Å². The number of benzene rings is 2. The van der Waals surface area contributed by atoms with Crippen molar-refractivity contribution in [2.45, 2.75) is 19.8 Å². The zero-order valence-electron chi connectivity index (χ0n) is 13.9. The molecule has 0 aliphatic rings. The Morgan fingerprint density at radius 2 is 1.96 bits per heavy atom. The SMILES string of the molecule is CC(CC=N)(Cc1ccccc1)C(=O)c1cc(F)c2[nH]ccc2c1.Cl. The molecule has 3 rings (SSSR count). The molecule has 2 aromatic carbocycles. The molecule has 25 heavy (non-hydrogen) atoms. The normalized spacial score (nSPS) is 13.0. The van der Waals surface area contributed by atoms with E-state index in [4.69, 9.17) is 5.41 Å². The van der Waals surface area contributed by atoms with Crippen LogP contribution in [0.4, 0.5) is 4.39 Å². The van der Waals surface area contributed by atoms with Crippen LogP contribution in [-0.4, -0.2) is 17.0 Å². The molecule has 3 nitrogen and oxygen atoms in total. The lowest BCUT2D eigenvalue weighted by molar-refractivity contribution is 0.0824. The number of fused-ring (bicyclic) bond motifs is 1. The van der Waals surface area contributed by atoms with Gasteiger partial charge in [-0.25, -0.2) is 4.39 Å². The number of Topliss-reactive ketones (excluding diaryl/α,β-unsaturated/α-hetero) is 1. The van der Waals surface area contributed by atoms with Gasteiger partial charge in [-0.2, -0.15) is 0 Å². The number of carbonyl (C=O) groups is 1. The van der Waals surface area contributed by atoms with Crippen molar-refractivity contribution in [2.75, 3.05) is 0 Å². The van der Waals surface area contributed by atoms with Crippen molar-refractivity contribution in [2.24, 2.45) is 5.41 Å². The van der Waals surface area contributed by atoms with Gasteiger partial charge in [0.05, 0.1) is 5.52 Å². The highest BCUT2D eigenvalue weighted by Crippen LogP contribution is 2.32. The van der Waals surface area contributed by atoms with Gasteiger partial charge in [0.15, 0.2) is 5.78 Å². The van der Waals surface area contributed by atoms with Crippen molar-refractivity contribution in [1.29, 1.82) is 5.41 Å². The van der Waals surface area contributed by atoms with Crippen LogP contribution in [0, 0.1) is 16.6 Å². The van der Waals surface area contributed by atoms with Gasteiger partial charge in [0.2, 0.25) is 0 Å². The van der Waals surface area contributed by atoms with Crippen molar-refractivity contribution in [3.63, 3.8) is 0 Å². The number of aromatic nitrogens is 1. The van der Waals surface area contributed by atoms with Crippen LogP contribution < -0.4 is 0 Å². The van der Waals surface area contributed by atoms with E-state index < -0.39 is 11.2 Å². The Labute approximate surface area is 152 Å². The van der Waals surface area contributed by atoms with E-state index in [9.17, 15) is 9.18 Å². The minimum Gasteiger partial charge on any atom is -0.359 e. The number of rotatable bonds is 6. The summed E-state index contributed by atoms with van der Waals surface area (Å²) in [6.07, 6.45) is 3.73. The number of ketones is 1. The molecule has 0 radical (unpaired) electrons. The van der Waals surface area contributed by atoms with Gasteiger partial charge in [0, 0.05) is 22.6 Å². The fourth-order valence-electron chi connectivity index (χ4n) is 3.12. The predicted octanol–water partition coefficient (Wildman–Crippen LogP) is 5.20. The Hall–Kier alpha value is -2.46. The molecule has 0 fully saturated rings. The number of halogens is 2. The summed E-state index contributed by atoms with van der Waals surface area (Å²) in [6, 6.07) is 14.5. The largest absolute Gasteiger partial charge is 0.359 e.